The lowest BCUT2D eigenvalue weighted by Gasteiger charge is -2.40. The van der Waals surface area contributed by atoms with Gasteiger partial charge in [0.25, 0.3) is 11.2 Å². The summed E-state index contributed by atoms with van der Waals surface area (Å²) in [4.78, 5) is 26.4. The van der Waals surface area contributed by atoms with Gasteiger partial charge in [0.2, 0.25) is 11.8 Å². The highest BCUT2D eigenvalue weighted by Gasteiger charge is 2.75. The molecule has 2 atom stereocenters. The Bertz CT molecular complexity index is 4500. The number of rotatable bonds is 16. The summed E-state index contributed by atoms with van der Waals surface area (Å²) in [5.74, 6) is -7.31. The van der Waals surface area contributed by atoms with Crippen LogP contribution >= 0.6 is 0 Å². The molecule has 4 heterocycles. The average molecular weight is 1550 g/mol. The van der Waals surface area contributed by atoms with Gasteiger partial charge in [0.05, 0.1) is 47.0 Å². The summed E-state index contributed by atoms with van der Waals surface area (Å²) in [5, 5.41) is 9.20. The van der Waals surface area contributed by atoms with Crippen LogP contribution < -0.4 is 0 Å². The minimum absolute atomic E-state index is 0.0587. The van der Waals surface area contributed by atoms with Crippen molar-refractivity contribution in [1.82, 2.24) is 29.4 Å². The van der Waals surface area contributed by atoms with Crippen LogP contribution in [0.5, 0.6) is 0 Å². The summed E-state index contributed by atoms with van der Waals surface area (Å²) in [6, 6.07) is 17.0. The van der Waals surface area contributed by atoms with Crippen molar-refractivity contribution in [2.24, 2.45) is 0 Å². The molecule has 2 amide bonds. The number of fused-ring (bicyclic) bond motifs is 2. The van der Waals surface area contributed by atoms with Crippen molar-refractivity contribution in [1.29, 1.82) is 0 Å². The minimum atomic E-state index is -6.21. The maximum atomic E-state index is 14.6. The van der Waals surface area contributed by atoms with Crippen molar-refractivity contribution in [2.45, 2.75) is 159 Å². The molecule has 0 saturated carbocycles. The quantitative estimate of drug-likeness (QED) is 0.0672. The number of aryl methyl sites for hydroxylation is 1. The topological polar surface area (TPSA) is 163 Å². The number of nitrogens with zero attached hydrogens (tertiary/aromatic N) is 6. The number of ether oxygens (including phenoxy) is 2. The van der Waals surface area contributed by atoms with Crippen LogP contribution in [0.15, 0.2) is 156 Å². The third-order valence-electron chi connectivity index (χ3n) is 20.4. The summed E-state index contributed by atoms with van der Waals surface area (Å²) >= 11 is 0. The number of aromatic nitrogens is 4. The summed E-state index contributed by atoms with van der Waals surface area (Å²) in [7, 11) is -9.07. The van der Waals surface area contributed by atoms with Crippen LogP contribution in [0.3, 0.4) is 0 Å². The van der Waals surface area contributed by atoms with Gasteiger partial charge in [0.15, 0.2) is 19.7 Å². The number of benzene rings is 6. The zero-order valence-electron chi connectivity index (χ0n) is 55.9. The van der Waals surface area contributed by atoms with Crippen molar-refractivity contribution in [2.75, 3.05) is 26.2 Å². The Hall–Kier alpha value is -8.76. The summed E-state index contributed by atoms with van der Waals surface area (Å²) in [5.41, 5.74) is -13.6. The number of sulfone groups is 2. The number of alkyl halides is 12. The van der Waals surface area contributed by atoms with Gasteiger partial charge in [-0.15, -0.1) is 0 Å². The number of piperidine rings is 2. The standard InChI is InChI=1S/2C36H32F9N3O4S/c1-22(49)47-17-14-27(15-18-47)48-20-23-19-33(16-13-32(23)46-48,53(50,51)28-11-9-26(37)10-12-28)24-5-7-25(8-6-24)34(35(40,41)42,36(43,44)45)52-21-29-30(38)3-2-4-31(29)39;1-22(49)47-17-14-27(15-18-47)48-32-13-16-33(19-23(32)20-46-48,53(50,51)28-11-9-26(37)10-12-28)24-5-7-25(8-6-24)34(35(40,41)42,36(43,44)45)52-21-29-30(38)3-2-4-31(29)39/h2*2-12,20,27H,13-19,21H2,1H3. The number of likely N-dealkylation sites (tertiary alicyclic amines) is 2. The molecule has 2 unspecified atom stereocenters. The van der Waals surface area contributed by atoms with E-state index in [1.807, 2.05) is 0 Å². The molecule has 2 aliphatic heterocycles. The monoisotopic (exact) mass is 1550 g/mol. The first-order valence-electron chi connectivity index (χ1n) is 32.9. The molecule has 2 aromatic heterocycles. The molecule has 2 fully saturated rings. The fourth-order valence-corrected chi connectivity index (χ4v) is 18.8. The summed E-state index contributed by atoms with van der Waals surface area (Å²) in [6.45, 7) is 1.38. The molecule has 0 spiro atoms. The van der Waals surface area contributed by atoms with Crippen LogP contribution in [0, 0.1) is 34.9 Å². The lowest BCUT2D eigenvalue weighted by molar-refractivity contribution is -0.393. The van der Waals surface area contributed by atoms with Gasteiger partial charge in [-0.1, -0.05) is 60.7 Å². The van der Waals surface area contributed by atoms with Crippen LogP contribution in [0.25, 0.3) is 0 Å². The fraction of sp³-hybridized carbons (Fsp3) is 0.389. The Labute approximate surface area is 594 Å². The predicted molar refractivity (Wildman–Crippen MR) is 343 cm³/mol. The third kappa shape index (κ3) is 14.2. The molecule has 14 nitrogen and oxygen atoms in total. The number of halogens is 18. The summed E-state index contributed by atoms with van der Waals surface area (Å²) < 4.78 is 327. The highest BCUT2D eigenvalue weighted by atomic mass is 32.2. The molecule has 0 N–H and O–H groups in total. The largest absolute Gasteiger partial charge is 0.430 e. The van der Waals surface area contributed by atoms with E-state index in [0.29, 0.717) is 123 Å². The molecular weight excluding hydrogens is 1480 g/mol. The van der Waals surface area contributed by atoms with E-state index in [0.717, 1.165) is 84.9 Å². The van der Waals surface area contributed by atoms with Gasteiger partial charge in [-0.2, -0.15) is 62.9 Å². The van der Waals surface area contributed by atoms with Gasteiger partial charge < -0.3 is 19.3 Å². The third-order valence-corrected chi connectivity index (χ3v) is 25.4. The molecule has 568 valence electrons. The van der Waals surface area contributed by atoms with Gasteiger partial charge in [0.1, 0.15) is 44.4 Å². The first-order chi connectivity index (χ1) is 49.6. The maximum Gasteiger partial charge on any atom is 0.430 e. The average Bonchev–Trinajstić information content (AvgIpc) is 1.41. The van der Waals surface area contributed by atoms with Crippen LogP contribution in [0.2, 0.25) is 0 Å². The molecule has 34 heteroatoms. The zero-order valence-corrected chi connectivity index (χ0v) is 57.5. The van der Waals surface area contributed by atoms with E-state index >= 15 is 0 Å². The molecule has 0 radical (unpaired) electrons. The molecule has 12 rings (SSSR count). The van der Waals surface area contributed by atoms with Crippen molar-refractivity contribution in [3.63, 3.8) is 0 Å². The molecule has 0 bridgehead atoms. The Morgan fingerprint density at radius 3 is 1.21 bits per heavy atom. The van der Waals surface area contributed by atoms with Crippen LogP contribution in [-0.2, 0) is 98.3 Å². The van der Waals surface area contributed by atoms with Gasteiger partial charge >= 0.3 is 24.7 Å². The first-order valence-corrected chi connectivity index (χ1v) is 35.9. The lowest BCUT2D eigenvalue weighted by Crippen LogP contribution is -2.56. The van der Waals surface area contributed by atoms with Gasteiger partial charge in [0, 0.05) is 74.2 Å². The fourth-order valence-electron chi connectivity index (χ4n) is 14.6. The van der Waals surface area contributed by atoms with Crippen molar-refractivity contribution < 1.29 is 115 Å². The van der Waals surface area contributed by atoms with Gasteiger partial charge in [-0.05, 0) is 159 Å². The minimum Gasteiger partial charge on any atom is -0.349 e. The van der Waals surface area contributed by atoms with Crippen molar-refractivity contribution in [3.05, 3.63) is 237 Å². The second kappa shape index (κ2) is 29.1. The molecular formula is C72H64F18N6O8S2. The van der Waals surface area contributed by atoms with E-state index in [9.17, 15) is 105 Å². The zero-order chi connectivity index (χ0) is 77.1. The van der Waals surface area contributed by atoms with E-state index < -0.39 is 135 Å². The number of amides is 2. The highest BCUT2D eigenvalue weighted by Crippen LogP contribution is 2.57. The number of hydrogen-bond acceptors (Lipinski definition) is 10. The van der Waals surface area contributed by atoms with E-state index in [2.05, 4.69) is 19.7 Å². The van der Waals surface area contributed by atoms with E-state index in [4.69, 9.17) is 0 Å². The van der Waals surface area contributed by atoms with Crippen molar-refractivity contribution >= 4 is 31.5 Å². The smallest absolute Gasteiger partial charge is 0.349 e. The normalized spacial score (nSPS) is 18.9. The van der Waals surface area contributed by atoms with Gasteiger partial charge in [-0.25, -0.2) is 43.2 Å². The Kier molecular flexibility index (Phi) is 21.5. The Morgan fingerprint density at radius 2 is 0.840 bits per heavy atom. The van der Waals surface area contributed by atoms with Crippen LogP contribution in [0.1, 0.15) is 120 Å². The molecule has 2 aliphatic carbocycles. The molecule has 4 aliphatic rings. The summed E-state index contributed by atoms with van der Waals surface area (Å²) in [6.07, 6.45) is -20.1. The first kappa shape index (κ1) is 78.3. The molecule has 106 heavy (non-hydrogen) atoms. The number of hydrogen-bond donors (Lipinski definition) is 0. The second-order valence-corrected chi connectivity index (χ2v) is 30.9. The van der Waals surface area contributed by atoms with Crippen LogP contribution in [0.4, 0.5) is 79.0 Å². The molecule has 2 saturated heterocycles. The SMILES string of the molecule is CC(=O)N1CCC(n2cc3c(n2)CCC(c2ccc(C(OCc4c(F)cccc4F)(C(F)(F)F)C(F)(F)F)cc2)(S(=O)(=O)c2ccc(F)cc2)C3)CC1.CC(=O)N1CCC(n2ncc3c2CCC(c2ccc(C(OCc4c(F)cccc4F)(C(F)(F)F)C(F)(F)F)cc2)(S(=O)(=O)c2ccc(F)cc2)C3)CC1. The van der Waals surface area contributed by atoms with E-state index in [-0.39, 0.29) is 83.3 Å². The lowest BCUT2D eigenvalue weighted by atomic mass is 9.80. The van der Waals surface area contributed by atoms with Crippen LogP contribution in [-0.4, -0.2) is 109 Å². The Balaban J connectivity index is 0.000000212. The van der Waals surface area contributed by atoms with Gasteiger partial charge in [-0.3, -0.25) is 19.0 Å². The number of carbonyl (C=O) groups is 2. The second-order valence-electron chi connectivity index (χ2n) is 26.4. The molecule has 6 aromatic carbocycles. The highest BCUT2D eigenvalue weighted by molar-refractivity contribution is 7.92. The van der Waals surface area contributed by atoms with Crippen molar-refractivity contribution in [3.8, 4) is 0 Å². The predicted octanol–water partition coefficient (Wildman–Crippen LogP) is 15.8. The maximum absolute atomic E-state index is 14.6. The molecule has 8 aromatic rings. The van der Waals surface area contributed by atoms with E-state index in [1.165, 1.54) is 20.0 Å². The Morgan fingerprint density at radius 1 is 0.481 bits per heavy atom. The number of carbonyl (C=O) groups excluding carboxylic acids is 2. The van der Waals surface area contributed by atoms with E-state index in [1.54, 1.807) is 25.4 Å².